The van der Waals surface area contributed by atoms with Crippen molar-refractivity contribution in [2.45, 2.75) is 32.9 Å². The Balaban J connectivity index is 2.34. The minimum absolute atomic E-state index is 0.0797. The number of aliphatic hydroxyl groups is 1. The lowest BCUT2D eigenvalue weighted by Gasteiger charge is -2.40. The Morgan fingerprint density at radius 1 is 1.41 bits per heavy atom. The van der Waals surface area contributed by atoms with Crippen LogP contribution in [0.2, 0.25) is 0 Å². The van der Waals surface area contributed by atoms with E-state index in [4.69, 9.17) is 0 Å². The third-order valence-electron chi connectivity index (χ3n) is 4.53. The third kappa shape index (κ3) is 2.02. The van der Waals surface area contributed by atoms with Gasteiger partial charge in [0.05, 0.1) is 30.1 Å². The zero-order chi connectivity index (χ0) is 16.2. The van der Waals surface area contributed by atoms with E-state index in [0.717, 1.165) is 28.3 Å². The van der Waals surface area contributed by atoms with Crippen LogP contribution in [0.3, 0.4) is 0 Å². The van der Waals surface area contributed by atoms with Crippen molar-refractivity contribution in [2.24, 2.45) is 0 Å². The molecule has 0 fully saturated rings. The number of aromatic nitrogens is 2. The molecule has 0 saturated heterocycles. The normalized spacial score (nSPS) is 21.5. The molecule has 1 amide bonds. The second-order valence-corrected chi connectivity index (χ2v) is 6.20. The lowest BCUT2D eigenvalue weighted by Crippen LogP contribution is -2.47. The standard InChI is InChI=1S/C16H22N4O2/c1-9-10(2)19-7-6-12-14(18(4)5)13(22)8-20(11(3)21)15(12)16(19)17-9/h6-7,13-14,22H,8H2,1-5H3/t13-,14-/m1/s1. The predicted octanol–water partition coefficient (Wildman–Crippen LogP) is 1.28. The highest BCUT2D eigenvalue weighted by atomic mass is 16.3. The number of imidazole rings is 1. The van der Waals surface area contributed by atoms with Crippen LogP contribution in [-0.4, -0.2) is 52.0 Å². The molecule has 0 unspecified atom stereocenters. The molecule has 1 aliphatic heterocycles. The minimum Gasteiger partial charge on any atom is -0.389 e. The first kappa shape index (κ1) is 15.0. The molecule has 22 heavy (non-hydrogen) atoms. The van der Waals surface area contributed by atoms with Crippen LogP contribution in [-0.2, 0) is 4.79 Å². The van der Waals surface area contributed by atoms with Crippen LogP contribution in [0, 0.1) is 13.8 Å². The van der Waals surface area contributed by atoms with Gasteiger partial charge in [-0.1, -0.05) is 0 Å². The molecular weight excluding hydrogens is 280 g/mol. The van der Waals surface area contributed by atoms with Gasteiger partial charge in [0.15, 0.2) is 5.65 Å². The van der Waals surface area contributed by atoms with Crippen LogP contribution >= 0.6 is 0 Å². The predicted molar refractivity (Wildman–Crippen MR) is 85.1 cm³/mol. The lowest BCUT2D eigenvalue weighted by molar-refractivity contribution is -0.117. The van der Waals surface area contributed by atoms with Crippen molar-refractivity contribution in [2.75, 3.05) is 25.5 Å². The van der Waals surface area contributed by atoms with E-state index in [1.807, 2.05) is 49.5 Å². The zero-order valence-electron chi connectivity index (χ0n) is 13.7. The Bertz CT molecular complexity index is 750. The minimum atomic E-state index is -0.619. The Morgan fingerprint density at radius 2 is 2.09 bits per heavy atom. The van der Waals surface area contributed by atoms with Crippen LogP contribution < -0.4 is 4.90 Å². The summed E-state index contributed by atoms with van der Waals surface area (Å²) in [6.45, 7) is 5.79. The molecule has 2 atom stereocenters. The van der Waals surface area contributed by atoms with Crippen molar-refractivity contribution in [3.8, 4) is 0 Å². The number of pyridine rings is 1. The molecule has 2 aromatic heterocycles. The van der Waals surface area contributed by atoms with Crippen LogP contribution in [0.25, 0.3) is 5.65 Å². The molecule has 118 valence electrons. The van der Waals surface area contributed by atoms with Crippen LogP contribution in [0.1, 0.15) is 29.9 Å². The molecule has 1 N–H and O–H groups in total. The van der Waals surface area contributed by atoms with Crippen molar-refractivity contribution < 1.29 is 9.90 Å². The van der Waals surface area contributed by atoms with Gasteiger partial charge in [0.2, 0.25) is 5.91 Å². The summed E-state index contributed by atoms with van der Waals surface area (Å²) in [5, 5.41) is 10.5. The summed E-state index contributed by atoms with van der Waals surface area (Å²) in [6, 6.07) is 1.84. The van der Waals surface area contributed by atoms with E-state index in [0.29, 0.717) is 0 Å². The molecular formula is C16H22N4O2. The molecule has 6 nitrogen and oxygen atoms in total. The molecule has 0 spiro atoms. The van der Waals surface area contributed by atoms with Gasteiger partial charge in [0.1, 0.15) is 0 Å². The highest BCUT2D eigenvalue weighted by Crippen LogP contribution is 2.39. The quantitative estimate of drug-likeness (QED) is 0.862. The smallest absolute Gasteiger partial charge is 0.224 e. The highest BCUT2D eigenvalue weighted by Gasteiger charge is 2.37. The summed E-state index contributed by atoms with van der Waals surface area (Å²) < 4.78 is 2.01. The fourth-order valence-electron chi connectivity index (χ4n) is 3.35. The first-order valence-electron chi connectivity index (χ1n) is 7.43. The number of carbonyl (C=O) groups is 1. The van der Waals surface area contributed by atoms with Crippen molar-refractivity contribution in [3.05, 3.63) is 29.2 Å². The summed E-state index contributed by atoms with van der Waals surface area (Å²) in [7, 11) is 3.88. The molecule has 0 saturated carbocycles. The highest BCUT2D eigenvalue weighted by molar-refractivity contribution is 5.97. The number of hydrogen-bond donors (Lipinski definition) is 1. The number of aliphatic hydroxyl groups excluding tert-OH is 1. The average molecular weight is 302 g/mol. The molecule has 0 bridgehead atoms. The van der Waals surface area contributed by atoms with E-state index in [1.165, 1.54) is 6.92 Å². The fraction of sp³-hybridized carbons (Fsp3) is 0.500. The summed E-state index contributed by atoms with van der Waals surface area (Å²) >= 11 is 0. The van der Waals surface area contributed by atoms with E-state index in [9.17, 15) is 9.90 Å². The molecule has 6 heteroatoms. The van der Waals surface area contributed by atoms with Gasteiger partial charge in [-0.05, 0) is 34.0 Å². The number of aryl methyl sites for hydroxylation is 2. The van der Waals surface area contributed by atoms with Gasteiger partial charge in [-0.15, -0.1) is 0 Å². The van der Waals surface area contributed by atoms with Crippen LogP contribution in [0.15, 0.2) is 12.3 Å². The number of carbonyl (C=O) groups excluding carboxylic acids is 1. The number of likely N-dealkylation sites (N-methyl/N-ethyl adjacent to an activating group) is 1. The molecule has 0 aromatic carbocycles. The van der Waals surface area contributed by atoms with Crippen LogP contribution in [0.4, 0.5) is 5.69 Å². The van der Waals surface area contributed by atoms with Crippen molar-refractivity contribution >= 4 is 17.2 Å². The first-order valence-corrected chi connectivity index (χ1v) is 7.43. The van der Waals surface area contributed by atoms with E-state index in [1.54, 1.807) is 4.90 Å². The molecule has 3 heterocycles. The number of amides is 1. The maximum Gasteiger partial charge on any atom is 0.224 e. The van der Waals surface area contributed by atoms with Gasteiger partial charge < -0.3 is 14.4 Å². The summed E-state index contributed by atoms with van der Waals surface area (Å²) in [4.78, 5) is 20.4. The first-order chi connectivity index (χ1) is 10.3. The number of hydrogen-bond acceptors (Lipinski definition) is 4. The number of rotatable bonds is 1. The maximum absolute atomic E-state index is 12.1. The average Bonchev–Trinajstić information content (AvgIpc) is 2.72. The second-order valence-electron chi connectivity index (χ2n) is 6.20. The number of fused-ring (bicyclic) bond motifs is 3. The molecule has 1 aliphatic rings. The van der Waals surface area contributed by atoms with Crippen molar-refractivity contribution in [3.63, 3.8) is 0 Å². The number of anilines is 1. The van der Waals surface area contributed by atoms with Gasteiger partial charge in [0, 0.05) is 24.4 Å². The monoisotopic (exact) mass is 302 g/mol. The van der Waals surface area contributed by atoms with Crippen LogP contribution in [0.5, 0.6) is 0 Å². The molecule has 2 aromatic rings. The van der Waals surface area contributed by atoms with Crippen molar-refractivity contribution in [1.29, 1.82) is 0 Å². The SMILES string of the molecule is CC(=O)N1C[C@@H](O)[C@H](N(C)C)c2ccn3c(C)c(C)nc3c21. The van der Waals surface area contributed by atoms with E-state index >= 15 is 0 Å². The summed E-state index contributed by atoms with van der Waals surface area (Å²) in [5.74, 6) is -0.0797. The Kier molecular flexibility index (Phi) is 3.45. The Hall–Kier alpha value is -1.92. The van der Waals surface area contributed by atoms with Gasteiger partial charge in [-0.3, -0.25) is 9.69 Å². The van der Waals surface area contributed by atoms with Gasteiger partial charge in [-0.2, -0.15) is 0 Å². The van der Waals surface area contributed by atoms with Gasteiger partial charge in [-0.25, -0.2) is 4.98 Å². The number of β-amino-alcohol motifs (C(OH)–C–C–N with tert-alkyl or cyclic N) is 1. The summed E-state index contributed by atoms with van der Waals surface area (Å²) in [6.07, 6.45) is 1.35. The largest absolute Gasteiger partial charge is 0.389 e. The molecule has 0 aliphatic carbocycles. The molecule has 3 rings (SSSR count). The van der Waals surface area contributed by atoms with E-state index in [-0.39, 0.29) is 18.5 Å². The van der Waals surface area contributed by atoms with Gasteiger partial charge in [0.25, 0.3) is 0 Å². The topological polar surface area (TPSA) is 61.1 Å². The zero-order valence-corrected chi connectivity index (χ0v) is 13.7. The van der Waals surface area contributed by atoms with E-state index in [2.05, 4.69) is 4.98 Å². The van der Waals surface area contributed by atoms with E-state index < -0.39 is 6.10 Å². The Morgan fingerprint density at radius 3 is 2.68 bits per heavy atom. The van der Waals surface area contributed by atoms with Gasteiger partial charge >= 0.3 is 0 Å². The maximum atomic E-state index is 12.1. The Labute approximate surface area is 130 Å². The van der Waals surface area contributed by atoms with Crippen molar-refractivity contribution in [1.82, 2.24) is 14.3 Å². The fourth-order valence-corrected chi connectivity index (χ4v) is 3.35. The second kappa shape index (κ2) is 5.07. The number of nitrogens with zero attached hydrogens (tertiary/aromatic N) is 4. The lowest BCUT2D eigenvalue weighted by atomic mass is 9.94. The summed E-state index contributed by atoms with van der Waals surface area (Å²) in [5.41, 5.74) is 4.55. The molecule has 0 radical (unpaired) electrons. The third-order valence-corrected chi connectivity index (χ3v) is 4.53.